The van der Waals surface area contributed by atoms with E-state index in [2.05, 4.69) is 76.4 Å². The number of halogens is 1. The highest BCUT2D eigenvalue weighted by Crippen LogP contribution is 2.39. The van der Waals surface area contributed by atoms with Crippen LogP contribution in [0.5, 0.6) is 0 Å². The van der Waals surface area contributed by atoms with Gasteiger partial charge in [0.15, 0.2) is 8.32 Å². The van der Waals surface area contributed by atoms with E-state index in [9.17, 15) is 4.79 Å². The largest absolute Gasteiger partial charge is 0.465 e. The van der Waals surface area contributed by atoms with E-state index in [1.807, 2.05) is 24.9 Å². The third kappa shape index (κ3) is 10.5. The van der Waals surface area contributed by atoms with Gasteiger partial charge in [-0.25, -0.2) is 0 Å². The summed E-state index contributed by atoms with van der Waals surface area (Å²) in [6.07, 6.45) is 3.54. The van der Waals surface area contributed by atoms with Crippen LogP contribution >= 0.6 is 22.6 Å². The lowest BCUT2D eigenvalue weighted by molar-refractivity contribution is -0.154. The highest BCUT2D eigenvalue weighted by atomic mass is 127. The Morgan fingerprint density at radius 2 is 1.50 bits per heavy atom. The second-order valence-corrected chi connectivity index (χ2v) is 16.9. The second-order valence-electron chi connectivity index (χ2n) is 11.4. The first-order valence-corrected chi connectivity index (χ1v) is 15.8. The molecule has 0 rings (SSSR count). The van der Waals surface area contributed by atoms with Crippen LogP contribution in [0.25, 0.3) is 0 Å². The van der Waals surface area contributed by atoms with Crippen LogP contribution in [-0.2, 0) is 23.4 Å². The fraction of sp³-hybridized carbons (Fsp3) is 0.880. The fourth-order valence-electron chi connectivity index (χ4n) is 3.24. The molecule has 0 heterocycles. The monoisotopic (exact) mass is 584 g/mol. The van der Waals surface area contributed by atoms with Crippen molar-refractivity contribution in [2.24, 2.45) is 17.3 Å². The lowest BCUT2D eigenvalue weighted by Crippen LogP contribution is -2.48. The Kier molecular flexibility index (Phi) is 13.8. The number of rotatable bonds is 13. The van der Waals surface area contributed by atoms with E-state index < -0.39 is 13.7 Å². The molecule has 0 saturated carbocycles. The van der Waals surface area contributed by atoms with Gasteiger partial charge in [0.2, 0.25) is 0 Å². The van der Waals surface area contributed by atoms with Crippen molar-refractivity contribution in [1.82, 2.24) is 0 Å². The number of methoxy groups -OCH3 is 2. The molecular weight excluding hydrogens is 535 g/mol. The third-order valence-electron chi connectivity index (χ3n) is 6.71. The van der Waals surface area contributed by atoms with Crippen LogP contribution in [0.3, 0.4) is 0 Å². The van der Waals surface area contributed by atoms with E-state index in [4.69, 9.17) is 18.6 Å². The molecule has 5 nitrogen and oxygen atoms in total. The smallest absolute Gasteiger partial charge is 0.311 e. The molecule has 0 unspecified atom stereocenters. The number of hydrogen-bond acceptors (Lipinski definition) is 5. The Bertz CT molecular complexity index is 580. The predicted octanol–water partition coefficient (Wildman–Crippen LogP) is 7.00. The van der Waals surface area contributed by atoms with Gasteiger partial charge in [-0.2, -0.15) is 0 Å². The molecule has 190 valence electrons. The van der Waals surface area contributed by atoms with Crippen molar-refractivity contribution in [1.29, 1.82) is 0 Å². The molecule has 0 aromatic carbocycles. The highest BCUT2D eigenvalue weighted by Gasteiger charge is 2.42. The summed E-state index contributed by atoms with van der Waals surface area (Å²) in [7, 11) is 1.49. The van der Waals surface area contributed by atoms with Crippen molar-refractivity contribution >= 4 is 36.9 Å². The molecule has 0 aromatic rings. The molecule has 0 saturated heterocycles. The number of carbonyl (C=O) groups excluding carboxylic acids is 1. The molecule has 5 atom stereocenters. The van der Waals surface area contributed by atoms with Gasteiger partial charge >= 0.3 is 5.97 Å². The maximum absolute atomic E-state index is 12.2. The number of ether oxygens (including phenoxy) is 3. The van der Waals surface area contributed by atoms with Gasteiger partial charge in [-0.05, 0) is 49.4 Å². The summed E-state index contributed by atoms with van der Waals surface area (Å²) in [5, 5.41) is 0.103. The van der Waals surface area contributed by atoms with Gasteiger partial charge in [0.05, 0.1) is 30.3 Å². The Balaban J connectivity index is 5.61. The van der Waals surface area contributed by atoms with E-state index in [0.29, 0.717) is 13.0 Å². The van der Waals surface area contributed by atoms with E-state index >= 15 is 0 Å². The zero-order chi connectivity index (χ0) is 25.3. The Morgan fingerprint density at radius 3 is 1.91 bits per heavy atom. The summed E-state index contributed by atoms with van der Waals surface area (Å²) in [4.78, 5) is 12.2. The van der Waals surface area contributed by atoms with Gasteiger partial charge in [-0.15, -0.1) is 0 Å². The molecule has 32 heavy (non-hydrogen) atoms. The minimum Gasteiger partial charge on any atom is -0.465 e. The van der Waals surface area contributed by atoms with Crippen molar-refractivity contribution < 1.29 is 23.4 Å². The van der Waals surface area contributed by atoms with Gasteiger partial charge in [0.25, 0.3) is 0 Å². The van der Waals surface area contributed by atoms with E-state index in [1.54, 1.807) is 14.2 Å². The van der Waals surface area contributed by atoms with Gasteiger partial charge in [-0.3, -0.25) is 4.79 Å². The summed E-state index contributed by atoms with van der Waals surface area (Å²) in [6, 6.07) is 0. The summed E-state index contributed by atoms with van der Waals surface area (Å²) in [5.41, 5.74) is -0.504. The molecule has 0 aromatic heterocycles. The minimum absolute atomic E-state index is 0.0193. The zero-order valence-electron chi connectivity index (χ0n) is 22.6. The van der Waals surface area contributed by atoms with Crippen molar-refractivity contribution in [3.8, 4) is 0 Å². The quantitative estimate of drug-likeness (QED) is 0.133. The first-order chi connectivity index (χ1) is 14.5. The lowest BCUT2D eigenvalue weighted by Gasteiger charge is -2.43. The number of hydrogen-bond donors (Lipinski definition) is 0. The van der Waals surface area contributed by atoms with Gasteiger partial charge in [0.1, 0.15) is 0 Å². The molecule has 0 aliphatic rings. The van der Waals surface area contributed by atoms with Gasteiger partial charge in [-0.1, -0.05) is 63.3 Å². The maximum atomic E-state index is 12.2. The molecule has 0 N–H and O–H groups in total. The topological polar surface area (TPSA) is 54.0 Å². The van der Waals surface area contributed by atoms with E-state index in [0.717, 1.165) is 6.42 Å². The summed E-state index contributed by atoms with van der Waals surface area (Å²) in [5.74, 6) is 0.215. The van der Waals surface area contributed by atoms with E-state index in [-0.39, 0.29) is 41.2 Å². The molecule has 7 heteroatoms. The van der Waals surface area contributed by atoms with Gasteiger partial charge < -0.3 is 18.6 Å². The van der Waals surface area contributed by atoms with E-state index in [1.165, 1.54) is 0 Å². The maximum Gasteiger partial charge on any atom is 0.311 e. The minimum atomic E-state index is -2.01. The van der Waals surface area contributed by atoms with Crippen LogP contribution in [0, 0.1) is 17.3 Å². The normalized spacial score (nSPS) is 18.3. The molecule has 0 aliphatic carbocycles. The van der Waals surface area contributed by atoms with Crippen LogP contribution in [0.2, 0.25) is 18.1 Å². The van der Waals surface area contributed by atoms with Crippen molar-refractivity contribution in [3.05, 3.63) is 10.2 Å². The van der Waals surface area contributed by atoms with Crippen molar-refractivity contribution in [2.45, 2.75) is 105 Å². The molecule has 0 aliphatic heterocycles. The lowest BCUT2D eigenvalue weighted by atomic mass is 9.89. The van der Waals surface area contributed by atoms with Crippen molar-refractivity contribution in [3.63, 3.8) is 0 Å². The Hall–Kier alpha value is 0.0369. The van der Waals surface area contributed by atoms with Gasteiger partial charge in [0, 0.05) is 32.5 Å². The number of carbonyl (C=O) groups is 1. The molecule has 0 amide bonds. The SMILES string of the molecule is CO[C@@H](CCOC(=O)C(C)(C)C)[C@@H](C)[C@H](C[C@H](OC)[C@@H](C)/C=C/I)O[Si](C)(C)C(C)(C)C. The standard InChI is InChI=1S/C25H49IO5Si/c1-18(13-15-26)21(29-10)17-22(31-32(11,12)25(6,7)8)19(2)20(28-9)14-16-30-23(27)24(3,4)5/h13,15,18-22H,14,16-17H2,1-12H3/b15-13+/t18-,19+,20-,21-,22-/m0/s1. The molecule has 0 fully saturated rings. The average molecular weight is 585 g/mol. The van der Waals surface area contributed by atoms with Crippen LogP contribution in [0.1, 0.15) is 68.2 Å². The van der Waals surface area contributed by atoms with Crippen LogP contribution < -0.4 is 0 Å². The summed E-state index contributed by atoms with van der Waals surface area (Å²) in [6.45, 7) is 21.7. The Labute approximate surface area is 212 Å². The first kappa shape index (κ1) is 32.0. The molecule has 0 bridgehead atoms. The number of esters is 1. The zero-order valence-corrected chi connectivity index (χ0v) is 25.7. The molecule has 0 spiro atoms. The average Bonchev–Trinajstić information content (AvgIpc) is 2.66. The first-order valence-electron chi connectivity index (χ1n) is 11.7. The van der Waals surface area contributed by atoms with Crippen LogP contribution in [-0.4, -0.2) is 53.4 Å². The summed E-state index contributed by atoms with van der Waals surface area (Å²) < 4.78 is 26.2. The van der Waals surface area contributed by atoms with Crippen LogP contribution in [0.15, 0.2) is 10.2 Å². The highest BCUT2D eigenvalue weighted by molar-refractivity contribution is 14.1. The Morgan fingerprint density at radius 1 is 0.969 bits per heavy atom. The summed E-state index contributed by atoms with van der Waals surface area (Å²) >= 11 is 2.25. The molecular formula is C25H49IO5Si. The van der Waals surface area contributed by atoms with Crippen LogP contribution in [0.4, 0.5) is 0 Å². The third-order valence-corrected chi connectivity index (χ3v) is 11.6. The predicted molar refractivity (Wildman–Crippen MR) is 145 cm³/mol. The second kappa shape index (κ2) is 13.8. The molecule has 0 radical (unpaired) electrons. The fourth-order valence-corrected chi connectivity index (χ4v) is 5.31. The van der Waals surface area contributed by atoms with Crippen molar-refractivity contribution in [2.75, 3.05) is 20.8 Å².